The first kappa shape index (κ1) is 76.3. The zero-order valence-electron chi connectivity index (χ0n) is 53.2. The fourth-order valence-electron chi connectivity index (χ4n) is 9.88. The number of halogens is 6. The summed E-state index contributed by atoms with van der Waals surface area (Å²) >= 11 is 37.6. The molecule has 11 rings (SSSR count). The molecule has 0 saturated carbocycles. The van der Waals surface area contributed by atoms with Crippen LogP contribution in [0, 0.1) is 0 Å². The maximum Gasteiger partial charge on any atom is 0.257 e. The Morgan fingerprint density at radius 2 is 0.663 bits per heavy atom. The summed E-state index contributed by atoms with van der Waals surface area (Å²) in [6.45, 7) is 2.80. The summed E-state index contributed by atoms with van der Waals surface area (Å²) in [6, 6.07) is 59.8. The van der Waals surface area contributed by atoms with Gasteiger partial charge in [-0.25, -0.2) is 25.3 Å². The molecule has 18 nitrogen and oxygen atoms in total. The minimum absolute atomic E-state index is 0.0202. The summed E-state index contributed by atoms with van der Waals surface area (Å²) in [4.78, 5) is 51.0. The number of nitrogens with zero attached hydrogens (tertiary/aromatic N) is 3. The molecule has 0 aliphatic heterocycles. The number of nitrogens with one attached hydrogen (secondary N) is 3. The molecule has 0 aliphatic rings. The van der Waals surface area contributed by atoms with Crippen LogP contribution in [0.5, 0.6) is 0 Å². The first-order valence-electron chi connectivity index (χ1n) is 30.3. The van der Waals surface area contributed by atoms with Crippen molar-refractivity contribution in [1.29, 1.82) is 0 Å². The van der Waals surface area contributed by atoms with Crippen molar-refractivity contribution in [3.63, 3.8) is 0 Å². The van der Waals surface area contributed by atoms with Crippen molar-refractivity contribution in [2.45, 2.75) is 46.3 Å². The van der Waals surface area contributed by atoms with Crippen molar-refractivity contribution >= 4 is 134 Å². The first-order valence-corrected chi connectivity index (χ1v) is 37.5. The molecule has 11 aromatic rings. The highest BCUT2D eigenvalue weighted by molar-refractivity contribution is 7.92. The zero-order valence-corrected chi connectivity index (χ0v) is 60.2. The molecule has 0 spiro atoms. The second-order valence-corrected chi connectivity index (χ2v) is 31.5. The first-order chi connectivity index (χ1) is 47.9. The van der Waals surface area contributed by atoms with Crippen molar-refractivity contribution in [3.05, 3.63) is 301 Å². The van der Waals surface area contributed by atoms with Gasteiger partial charge in [0.1, 0.15) is 0 Å². The maximum atomic E-state index is 12.9. The Balaban J connectivity index is 0.000000177. The van der Waals surface area contributed by atoms with Crippen LogP contribution in [-0.4, -0.2) is 96.1 Å². The third-order valence-electron chi connectivity index (χ3n) is 14.8. The van der Waals surface area contributed by atoms with E-state index in [1.807, 2.05) is 18.2 Å². The van der Waals surface area contributed by atoms with Crippen LogP contribution < -0.4 is 16.0 Å². The van der Waals surface area contributed by atoms with E-state index in [0.717, 1.165) is 0 Å². The largest absolute Gasteiger partial charge is 0.389 e. The number of benzene rings is 8. The minimum Gasteiger partial charge on any atom is -0.389 e. The van der Waals surface area contributed by atoms with E-state index < -0.39 is 82.3 Å². The van der Waals surface area contributed by atoms with Gasteiger partial charge in [0.05, 0.1) is 114 Å². The summed E-state index contributed by atoms with van der Waals surface area (Å²) in [5.41, 5.74) is 5.22. The van der Waals surface area contributed by atoms with Gasteiger partial charge in [0, 0.05) is 52.3 Å². The molecule has 6 N–H and O–H groups in total. The van der Waals surface area contributed by atoms with E-state index in [1.165, 1.54) is 68.4 Å². The molecule has 0 radical (unpaired) electrons. The number of rotatable bonds is 20. The summed E-state index contributed by atoms with van der Waals surface area (Å²) in [7, 11) is -11.5. The van der Waals surface area contributed by atoms with Gasteiger partial charge < -0.3 is 31.3 Å². The summed E-state index contributed by atoms with van der Waals surface area (Å²) < 4.78 is 76.1. The number of aliphatic hydroxyl groups is 3. The molecule has 3 amide bonds. The van der Waals surface area contributed by atoms with Crippen LogP contribution in [0.3, 0.4) is 0 Å². The number of hydrogen-bond donors (Lipinski definition) is 6. The molecule has 518 valence electrons. The molecule has 27 heteroatoms. The zero-order chi connectivity index (χ0) is 72.8. The molecule has 101 heavy (non-hydrogen) atoms. The lowest BCUT2D eigenvalue weighted by molar-refractivity contribution is 0.101. The quantitative estimate of drug-likeness (QED) is 0.0413. The third-order valence-corrected chi connectivity index (χ3v) is 22.2. The number of carbonyl (C=O) groups excluding carboxylic acids is 3. The number of anilines is 3. The molecule has 0 bridgehead atoms. The van der Waals surface area contributed by atoms with E-state index in [-0.39, 0.29) is 46.4 Å². The number of hydrogen-bond acceptors (Lipinski definition) is 15. The molecular formula is C74H60Cl6N6O12S3. The van der Waals surface area contributed by atoms with Gasteiger partial charge >= 0.3 is 0 Å². The highest BCUT2D eigenvalue weighted by atomic mass is 35.5. The van der Waals surface area contributed by atoms with E-state index in [4.69, 9.17) is 69.6 Å². The second-order valence-electron chi connectivity index (χ2n) is 23.0. The van der Waals surface area contributed by atoms with E-state index in [9.17, 15) is 55.0 Å². The standard InChI is InChI=1S/2C26H20Cl2N2O4S.C22H20Cl2N2O4S/c2*27-22-12-9-18(14-21(22)24-8-4-5-13-29-24)30-26(32)20-11-10-19(15-23(20)28)35(33,34)16-25(31)17-6-2-1-3-7-17;1-22(2,28)13-31(29,30)15-7-8-16(19(24)12-15)21(27)26-14-6-9-18(23)17(11-14)20-5-3-4-10-25-20/h2*1-15,25,31H,16H2,(H,30,32);3-12,28H,13H2,1-2H3,(H,26,27)/t2*25-;/m10./s1. The molecule has 8 aromatic carbocycles. The van der Waals surface area contributed by atoms with Crippen LogP contribution in [-0.2, 0) is 29.5 Å². The Hall–Kier alpha value is -8.91. The van der Waals surface area contributed by atoms with Crippen LogP contribution in [0.15, 0.2) is 258 Å². The Labute approximate surface area is 613 Å². The number of aliphatic hydroxyl groups excluding tert-OH is 2. The normalized spacial score (nSPS) is 12.1. The lowest BCUT2D eigenvalue weighted by atomic mass is 10.1. The fraction of sp³-hybridized carbons (Fsp3) is 0.108. The molecule has 0 aliphatic carbocycles. The highest BCUT2D eigenvalue weighted by Gasteiger charge is 2.28. The van der Waals surface area contributed by atoms with Crippen LogP contribution in [0.1, 0.15) is 68.3 Å². The summed E-state index contributed by atoms with van der Waals surface area (Å²) in [5, 5.41) is 40.1. The molecule has 0 saturated heterocycles. The van der Waals surface area contributed by atoms with E-state index >= 15 is 0 Å². The lowest BCUT2D eigenvalue weighted by Crippen LogP contribution is -2.30. The van der Waals surface area contributed by atoms with Gasteiger partial charge in [-0.2, -0.15) is 0 Å². The van der Waals surface area contributed by atoms with E-state index in [0.29, 0.717) is 77.0 Å². The number of amides is 3. The van der Waals surface area contributed by atoms with E-state index in [1.54, 1.807) is 170 Å². The fourth-order valence-corrected chi connectivity index (χ4v) is 15.9. The number of sulfone groups is 3. The lowest BCUT2D eigenvalue weighted by Gasteiger charge is -2.17. The minimum atomic E-state index is -3.86. The summed E-state index contributed by atoms with van der Waals surface area (Å²) in [6.07, 6.45) is 2.54. The summed E-state index contributed by atoms with van der Waals surface area (Å²) in [5.74, 6) is -3.04. The molecular weight excluding hydrogens is 1470 g/mol. The predicted molar refractivity (Wildman–Crippen MR) is 398 cm³/mol. The van der Waals surface area contributed by atoms with E-state index in [2.05, 4.69) is 30.9 Å². The van der Waals surface area contributed by atoms with Gasteiger partial charge in [-0.05, 0) is 171 Å². The van der Waals surface area contributed by atoms with Crippen molar-refractivity contribution in [2.24, 2.45) is 0 Å². The molecule has 2 atom stereocenters. The van der Waals surface area contributed by atoms with Crippen molar-refractivity contribution in [3.8, 4) is 33.8 Å². The molecule has 3 aromatic heterocycles. The number of carbonyl (C=O) groups is 3. The van der Waals surface area contributed by atoms with Crippen molar-refractivity contribution < 1.29 is 55.0 Å². The SMILES string of the molecule is CC(C)(O)CS(=O)(=O)c1ccc(C(=O)Nc2ccc(Cl)c(-c3ccccn3)c2)c(Cl)c1.O=C(Nc1ccc(Cl)c(-c2ccccn2)c1)c1ccc(S(=O)(=O)C[C@@H](O)c2ccccc2)cc1Cl.O=C(Nc1ccc(Cl)c(-c2ccccn2)c1)c1ccc(S(=O)(=O)C[C@H](O)c2ccccc2)cc1Cl. The van der Waals surface area contributed by atoms with Gasteiger partial charge in [0.25, 0.3) is 17.7 Å². The Morgan fingerprint density at radius 3 is 0.931 bits per heavy atom. The van der Waals surface area contributed by atoms with Gasteiger partial charge in [-0.15, -0.1) is 0 Å². The third kappa shape index (κ3) is 20.7. The average Bonchev–Trinajstić information content (AvgIpc) is 0.815. The van der Waals surface area contributed by atoms with Crippen LogP contribution in [0.4, 0.5) is 17.1 Å². The van der Waals surface area contributed by atoms with Crippen molar-refractivity contribution in [1.82, 2.24) is 15.0 Å². The highest BCUT2D eigenvalue weighted by Crippen LogP contribution is 2.35. The Kier molecular flexibility index (Phi) is 25.5. The monoisotopic (exact) mass is 1530 g/mol. The van der Waals surface area contributed by atoms with Gasteiger partial charge in [0.15, 0.2) is 29.5 Å². The van der Waals surface area contributed by atoms with Gasteiger partial charge in [-0.3, -0.25) is 29.3 Å². The number of pyridine rings is 3. The Bertz CT molecular complexity index is 4950. The van der Waals surface area contributed by atoms with Crippen LogP contribution in [0.2, 0.25) is 30.1 Å². The molecule has 0 unspecified atom stereocenters. The van der Waals surface area contributed by atoms with Crippen molar-refractivity contribution in [2.75, 3.05) is 33.2 Å². The van der Waals surface area contributed by atoms with Gasteiger partial charge in [0.2, 0.25) is 0 Å². The number of aromatic nitrogens is 3. The topological polar surface area (TPSA) is 289 Å². The molecule has 3 heterocycles. The second kappa shape index (κ2) is 33.7. The van der Waals surface area contributed by atoms with Gasteiger partial charge in [-0.1, -0.05) is 148 Å². The Morgan fingerprint density at radius 1 is 0.376 bits per heavy atom. The average molecular weight is 1530 g/mol. The van der Waals surface area contributed by atoms with Crippen LogP contribution >= 0.6 is 69.6 Å². The molecule has 0 fully saturated rings. The smallest absolute Gasteiger partial charge is 0.257 e. The maximum absolute atomic E-state index is 12.9. The predicted octanol–water partition coefficient (Wildman–Crippen LogP) is 16.5. The van der Waals surface area contributed by atoms with Crippen LogP contribution in [0.25, 0.3) is 33.8 Å².